The van der Waals surface area contributed by atoms with E-state index in [-0.39, 0.29) is 0 Å². The van der Waals surface area contributed by atoms with Crippen LogP contribution in [0.1, 0.15) is 23.4 Å². The van der Waals surface area contributed by atoms with Gasteiger partial charge in [-0.2, -0.15) is 0 Å². The van der Waals surface area contributed by atoms with E-state index in [2.05, 4.69) is 29.4 Å². The van der Waals surface area contributed by atoms with Crippen molar-refractivity contribution in [2.24, 2.45) is 0 Å². The fourth-order valence-corrected chi connectivity index (χ4v) is 2.73. The first-order valence-electron chi connectivity index (χ1n) is 5.63. The summed E-state index contributed by atoms with van der Waals surface area (Å²) in [7, 11) is 0. The third-order valence-electron chi connectivity index (χ3n) is 2.61. The maximum absolute atomic E-state index is 5.92. The molecule has 17 heavy (non-hydrogen) atoms. The number of hydrogen-bond acceptors (Lipinski definition) is 3. The van der Waals surface area contributed by atoms with Gasteiger partial charge < -0.3 is 5.32 Å². The minimum atomic E-state index is 0.351. The molecule has 2 aromatic heterocycles. The molecule has 0 aliphatic heterocycles. The maximum atomic E-state index is 5.92. The Bertz CT molecular complexity index is 455. The monoisotopic (exact) mass is 266 g/mol. The molecule has 90 valence electrons. The molecule has 0 radical (unpaired) electrons. The van der Waals surface area contributed by atoms with E-state index in [0.29, 0.717) is 6.04 Å². The molecule has 2 nitrogen and oxygen atoms in total. The van der Waals surface area contributed by atoms with Crippen LogP contribution < -0.4 is 5.32 Å². The highest BCUT2D eigenvalue weighted by Gasteiger charge is 2.06. The molecule has 0 bridgehead atoms. The summed E-state index contributed by atoms with van der Waals surface area (Å²) in [4.78, 5) is 5.38. The van der Waals surface area contributed by atoms with Crippen LogP contribution >= 0.6 is 22.9 Å². The molecule has 0 fully saturated rings. The predicted octanol–water partition coefficient (Wildman–Crippen LogP) is 3.69. The van der Waals surface area contributed by atoms with Crippen molar-refractivity contribution >= 4 is 22.9 Å². The standard InChI is InChI=1S/C13H15ClN2S/c1-10(12-4-5-13(14)17-12)16-8-6-11-3-2-7-15-9-11/h2-5,7,9-10,16H,6,8H2,1H3. The van der Waals surface area contributed by atoms with Gasteiger partial charge in [-0.05, 0) is 43.7 Å². The average molecular weight is 267 g/mol. The third kappa shape index (κ3) is 3.80. The van der Waals surface area contributed by atoms with E-state index in [1.807, 2.05) is 18.3 Å². The molecule has 2 aromatic rings. The Kier molecular flexibility index (Phi) is 4.54. The summed E-state index contributed by atoms with van der Waals surface area (Å²) >= 11 is 7.55. The fourth-order valence-electron chi connectivity index (χ4n) is 1.64. The SMILES string of the molecule is CC(NCCc1cccnc1)c1ccc(Cl)s1. The van der Waals surface area contributed by atoms with Gasteiger partial charge in [-0.1, -0.05) is 17.7 Å². The first-order chi connectivity index (χ1) is 8.25. The molecule has 0 spiro atoms. The van der Waals surface area contributed by atoms with Crippen LogP contribution in [0.4, 0.5) is 0 Å². The zero-order valence-corrected chi connectivity index (χ0v) is 11.3. The molecule has 0 saturated heterocycles. The van der Waals surface area contributed by atoms with Crippen molar-refractivity contribution in [3.8, 4) is 0 Å². The van der Waals surface area contributed by atoms with E-state index in [1.165, 1.54) is 10.4 Å². The second kappa shape index (κ2) is 6.15. The lowest BCUT2D eigenvalue weighted by Crippen LogP contribution is -2.20. The van der Waals surface area contributed by atoms with Gasteiger partial charge in [-0.25, -0.2) is 0 Å². The summed E-state index contributed by atoms with van der Waals surface area (Å²) in [6.07, 6.45) is 4.71. The van der Waals surface area contributed by atoms with Gasteiger partial charge in [0.1, 0.15) is 0 Å². The molecular formula is C13H15ClN2S. The Morgan fingerprint density at radius 2 is 2.29 bits per heavy atom. The van der Waals surface area contributed by atoms with Gasteiger partial charge in [0.15, 0.2) is 0 Å². The number of nitrogens with zero attached hydrogens (tertiary/aromatic N) is 1. The number of halogens is 1. The average Bonchev–Trinajstić information content (AvgIpc) is 2.77. The third-order valence-corrected chi connectivity index (χ3v) is 4.02. The summed E-state index contributed by atoms with van der Waals surface area (Å²) in [5.41, 5.74) is 1.26. The second-order valence-electron chi connectivity index (χ2n) is 3.93. The molecule has 1 atom stereocenters. The predicted molar refractivity (Wildman–Crippen MR) is 73.7 cm³/mol. The number of nitrogens with one attached hydrogen (secondary N) is 1. The zero-order chi connectivity index (χ0) is 12.1. The summed E-state index contributed by atoms with van der Waals surface area (Å²) < 4.78 is 0.848. The van der Waals surface area contributed by atoms with E-state index < -0.39 is 0 Å². The van der Waals surface area contributed by atoms with Crippen molar-refractivity contribution in [2.45, 2.75) is 19.4 Å². The first-order valence-corrected chi connectivity index (χ1v) is 6.82. The molecule has 2 rings (SSSR count). The van der Waals surface area contributed by atoms with Crippen LogP contribution in [0.5, 0.6) is 0 Å². The van der Waals surface area contributed by atoms with E-state index in [1.54, 1.807) is 17.5 Å². The molecule has 1 unspecified atom stereocenters. The van der Waals surface area contributed by atoms with E-state index in [4.69, 9.17) is 11.6 Å². The summed E-state index contributed by atoms with van der Waals surface area (Å²) in [5.74, 6) is 0. The molecule has 1 N–H and O–H groups in total. The Morgan fingerprint density at radius 1 is 1.41 bits per heavy atom. The van der Waals surface area contributed by atoms with Gasteiger partial charge in [0.25, 0.3) is 0 Å². The van der Waals surface area contributed by atoms with Gasteiger partial charge in [0.2, 0.25) is 0 Å². The van der Waals surface area contributed by atoms with Crippen LogP contribution in [0.2, 0.25) is 4.34 Å². The van der Waals surface area contributed by atoms with Crippen LogP contribution in [-0.2, 0) is 6.42 Å². The highest BCUT2D eigenvalue weighted by Crippen LogP contribution is 2.26. The number of pyridine rings is 1. The number of hydrogen-bond donors (Lipinski definition) is 1. The molecular weight excluding hydrogens is 252 g/mol. The van der Waals surface area contributed by atoms with E-state index in [0.717, 1.165) is 17.3 Å². The zero-order valence-electron chi connectivity index (χ0n) is 9.69. The van der Waals surface area contributed by atoms with Crippen molar-refractivity contribution in [1.29, 1.82) is 0 Å². The molecule has 0 aromatic carbocycles. The lowest BCUT2D eigenvalue weighted by atomic mass is 10.2. The maximum Gasteiger partial charge on any atom is 0.0931 e. The Labute approximate surface area is 111 Å². The normalized spacial score (nSPS) is 12.6. The Balaban J connectivity index is 1.79. The molecule has 2 heterocycles. The lowest BCUT2D eigenvalue weighted by molar-refractivity contribution is 0.584. The smallest absolute Gasteiger partial charge is 0.0931 e. The van der Waals surface area contributed by atoms with Crippen LogP contribution in [0.15, 0.2) is 36.7 Å². The molecule has 0 amide bonds. The van der Waals surface area contributed by atoms with Crippen molar-refractivity contribution in [1.82, 2.24) is 10.3 Å². The second-order valence-corrected chi connectivity index (χ2v) is 5.68. The van der Waals surface area contributed by atoms with Gasteiger partial charge in [0.05, 0.1) is 4.34 Å². The lowest BCUT2D eigenvalue weighted by Gasteiger charge is -2.11. The van der Waals surface area contributed by atoms with Gasteiger partial charge in [0, 0.05) is 23.3 Å². The van der Waals surface area contributed by atoms with Crippen molar-refractivity contribution in [3.05, 3.63) is 51.4 Å². The summed E-state index contributed by atoms with van der Waals surface area (Å²) in [6.45, 7) is 3.10. The highest BCUT2D eigenvalue weighted by molar-refractivity contribution is 7.16. The van der Waals surface area contributed by atoms with Crippen molar-refractivity contribution < 1.29 is 0 Å². The number of rotatable bonds is 5. The molecule has 4 heteroatoms. The van der Waals surface area contributed by atoms with Crippen LogP contribution in [0.3, 0.4) is 0 Å². The minimum Gasteiger partial charge on any atom is -0.309 e. The van der Waals surface area contributed by atoms with E-state index in [9.17, 15) is 0 Å². The number of thiophene rings is 1. The minimum absolute atomic E-state index is 0.351. The summed E-state index contributed by atoms with van der Waals surface area (Å²) in [6, 6.07) is 8.44. The molecule has 0 aliphatic carbocycles. The van der Waals surface area contributed by atoms with Crippen LogP contribution in [0.25, 0.3) is 0 Å². The molecule has 0 aliphatic rings. The van der Waals surface area contributed by atoms with Gasteiger partial charge in [-0.3, -0.25) is 4.98 Å². The topological polar surface area (TPSA) is 24.9 Å². The highest BCUT2D eigenvalue weighted by atomic mass is 35.5. The van der Waals surface area contributed by atoms with E-state index >= 15 is 0 Å². The molecule has 0 saturated carbocycles. The van der Waals surface area contributed by atoms with Crippen LogP contribution in [-0.4, -0.2) is 11.5 Å². The summed E-state index contributed by atoms with van der Waals surface area (Å²) in [5, 5.41) is 3.48. The van der Waals surface area contributed by atoms with Gasteiger partial charge in [-0.15, -0.1) is 11.3 Å². The van der Waals surface area contributed by atoms with Crippen molar-refractivity contribution in [2.75, 3.05) is 6.54 Å². The fraction of sp³-hybridized carbons (Fsp3) is 0.308. The number of aromatic nitrogens is 1. The van der Waals surface area contributed by atoms with Gasteiger partial charge >= 0.3 is 0 Å². The van der Waals surface area contributed by atoms with Crippen molar-refractivity contribution in [3.63, 3.8) is 0 Å². The first kappa shape index (κ1) is 12.6. The largest absolute Gasteiger partial charge is 0.309 e. The Morgan fingerprint density at radius 3 is 2.94 bits per heavy atom. The Hall–Kier alpha value is -0.900. The quantitative estimate of drug-likeness (QED) is 0.893. The van der Waals surface area contributed by atoms with Crippen LogP contribution in [0, 0.1) is 0 Å².